The van der Waals surface area contributed by atoms with Crippen molar-refractivity contribution in [2.45, 2.75) is 45.4 Å². The average Bonchev–Trinajstić information content (AvgIpc) is 2.97. The second-order valence-electron chi connectivity index (χ2n) is 6.47. The van der Waals surface area contributed by atoms with Crippen LogP contribution in [0.3, 0.4) is 0 Å². The predicted octanol–water partition coefficient (Wildman–Crippen LogP) is 0.0901. The second-order valence-corrected chi connectivity index (χ2v) is 6.47. The van der Waals surface area contributed by atoms with Crippen LogP contribution in [0.2, 0.25) is 0 Å². The van der Waals surface area contributed by atoms with Gasteiger partial charge in [-0.25, -0.2) is 4.98 Å². The van der Waals surface area contributed by atoms with E-state index in [1.807, 2.05) is 23.3 Å². The molecule has 2 fully saturated rings. The maximum absolute atomic E-state index is 12.4. The third-order valence-electron chi connectivity index (χ3n) is 5.11. The Balaban J connectivity index is 1.63. The molecule has 4 atom stereocenters. The third-order valence-corrected chi connectivity index (χ3v) is 5.11. The molecule has 0 radical (unpaired) electrons. The molecule has 2 N–H and O–H groups in total. The van der Waals surface area contributed by atoms with E-state index in [0.29, 0.717) is 44.3 Å². The zero-order valence-corrected chi connectivity index (χ0v) is 12.6. The smallest absolute Gasteiger partial charge is 0.242 e. The molecule has 3 rings (SSSR count). The molecule has 116 valence electrons. The molecule has 0 bridgehead atoms. The van der Waals surface area contributed by atoms with E-state index in [1.54, 1.807) is 6.33 Å². The lowest BCUT2D eigenvalue weighted by Crippen LogP contribution is -2.38. The number of aliphatic hydroxyl groups is 2. The summed E-state index contributed by atoms with van der Waals surface area (Å²) in [4.78, 5) is 18.5. The van der Waals surface area contributed by atoms with Gasteiger partial charge in [-0.3, -0.25) is 4.79 Å². The summed E-state index contributed by atoms with van der Waals surface area (Å²) >= 11 is 0. The number of hydrogen-bond acceptors (Lipinski definition) is 4. The van der Waals surface area contributed by atoms with E-state index in [-0.39, 0.29) is 5.91 Å². The Hall–Kier alpha value is -1.40. The highest BCUT2D eigenvalue weighted by Gasteiger charge is 2.42. The molecule has 2 heterocycles. The molecular weight excluding hydrogens is 270 g/mol. The van der Waals surface area contributed by atoms with Crippen molar-refractivity contribution in [3.8, 4) is 0 Å². The first-order valence-corrected chi connectivity index (χ1v) is 7.58. The largest absolute Gasteiger partial charge is 0.390 e. The Kier molecular flexibility index (Phi) is 3.75. The number of rotatable bonds is 2. The Morgan fingerprint density at radius 3 is 2.29 bits per heavy atom. The van der Waals surface area contributed by atoms with Crippen molar-refractivity contribution < 1.29 is 15.0 Å². The summed E-state index contributed by atoms with van der Waals surface area (Å²) in [6, 6.07) is 0. The van der Waals surface area contributed by atoms with E-state index >= 15 is 0 Å². The van der Waals surface area contributed by atoms with Gasteiger partial charge in [-0.15, -0.1) is 0 Å². The van der Waals surface area contributed by atoms with Gasteiger partial charge in [0.25, 0.3) is 0 Å². The number of hydrogen-bond donors (Lipinski definition) is 2. The molecule has 1 amide bonds. The van der Waals surface area contributed by atoms with E-state index in [0.717, 1.165) is 11.4 Å². The summed E-state index contributed by atoms with van der Waals surface area (Å²) in [7, 11) is 0. The SMILES string of the molecule is Cc1ncn(CC(=O)N2C[C@H]3C[C@H](O)[C@H](O)C[C@H]3C2)c1C. The fourth-order valence-electron chi connectivity index (χ4n) is 3.56. The van der Waals surface area contributed by atoms with Crippen molar-refractivity contribution in [2.24, 2.45) is 11.8 Å². The summed E-state index contributed by atoms with van der Waals surface area (Å²) in [6.07, 6.45) is 1.62. The molecule has 1 aromatic heterocycles. The van der Waals surface area contributed by atoms with Crippen LogP contribution in [0.1, 0.15) is 24.2 Å². The van der Waals surface area contributed by atoms with Gasteiger partial charge in [0.2, 0.25) is 5.91 Å². The van der Waals surface area contributed by atoms with Gasteiger partial charge in [0.15, 0.2) is 0 Å². The Morgan fingerprint density at radius 1 is 1.24 bits per heavy atom. The van der Waals surface area contributed by atoms with Gasteiger partial charge in [0.1, 0.15) is 6.54 Å². The molecule has 21 heavy (non-hydrogen) atoms. The van der Waals surface area contributed by atoms with E-state index in [9.17, 15) is 15.0 Å². The number of carbonyl (C=O) groups is 1. The first kappa shape index (κ1) is 14.5. The minimum atomic E-state index is -0.639. The van der Waals surface area contributed by atoms with Crippen LogP contribution >= 0.6 is 0 Å². The highest BCUT2D eigenvalue weighted by atomic mass is 16.3. The van der Waals surface area contributed by atoms with Crippen LogP contribution in [-0.2, 0) is 11.3 Å². The van der Waals surface area contributed by atoms with Crippen LogP contribution in [-0.4, -0.2) is 55.9 Å². The van der Waals surface area contributed by atoms with Crippen molar-refractivity contribution in [2.75, 3.05) is 13.1 Å². The van der Waals surface area contributed by atoms with E-state index in [1.165, 1.54) is 0 Å². The number of likely N-dealkylation sites (tertiary alicyclic amines) is 1. The Morgan fingerprint density at radius 2 is 1.81 bits per heavy atom. The quantitative estimate of drug-likeness (QED) is 0.810. The van der Waals surface area contributed by atoms with Crippen LogP contribution in [0.25, 0.3) is 0 Å². The maximum atomic E-state index is 12.4. The first-order chi connectivity index (χ1) is 9.95. The molecule has 6 nitrogen and oxygen atoms in total. The highest BCUT2D eigenvalue weighted by Crippen LogP contribution is 2.36. The van der Waals surface area contributed by atoms with Crippen LogP contribution in [0.15, 0.2) is 6.33 Å². The van der Waals surface area contributed by atoms with Crippen molar-refractivity contribution in [3.63, 3.8) is 0 Å². The van der Waals surface area contributed by atoms with Crippen molar-refractivity contribution >= 4 is 5.91 Å². The number of carbonyl (C=O) groups excluding carboxylic acids is 1. The molecule has 1 saturated carbocycles. The normalized spacial score (nSPS) is 32.3. The minimum Gasteiger partial charge on any atom is -0.390 e. The monoisotopic (exact) mass is 293 g/mol. The number of imidazole rings is 1. The molecule has 2 aliphatic rings. The van der Waals surface area contributed by atoms with Crippen molar-refractivity contribution in [3.05, 3.63) is 17.7 Å². The molecule has 1 aliphatic heterocycles. The molecule has 0 aromatic carbocycles. The topological polar surface area (TPSA) is 78.6 Å². The molecule has 1 aliphatic carbocycles. The molecular formula is C15H23N3O3. The van der Waals surface area contributed by atoms with Crippen molar-refractivity contribution in [1.82, 2.24) is 14.5 Å². The Bertz CT molecular complexity index is 524. The maximum Gasteiger partial charge on any atom is 0.242 e. The van der Waals surface area contributed by atoms with Gasteiger partial charge in [0, 0.05) is 18.8 Å². The van der Waals surface area contributed by atoms with Gasteiger partial charge in [-0.05, 0) is 38.5 Å². The number of aromatic nitrogens is 2. The summed E-state index contributed by atoms with van der Waals surface area (Å²) < 4.78 is 1.88. The fourth-order valence-corrected chi connectivity index (χ4v) is 3.56. The number of fused-ring (bicyclic) bond motifs is 1. The van der Waals surface area contributed by atoms with E-state index < -0.39 is 12.2 Å². The predicted molar refractivity (Wildman–Crippen MR) is 76.5 cm³/mol. The number of aliphatic hydroxyl groups excluding tert-OH is 2. The lowest BCUT2D eigenvalue weighted by atomic mass is 9.79. The number of nitrogens with zero attached hydrogens (tertiary/aromatic N) is 3. The van der Waals surface area contributed by atoms with Gasteiger partial charge in [-0.2, -0.15) is 0 Å². The van der Waals surface area contributed by atoms with E-state index in [2.05, 4.69) is 4.98 Å². The lowest BCUT2D eigenvalue weighted by Gasteiger charge is -2.31. The molecule has 0 unspecified atom stereocenters. The average molecular weight is 293 g/mol. The zero-order chi connectivity index (χ0) is 15.1. The summed E-state index contributed by atoms with van der Waals surface area (Å²) in [5.74, 6) is 0.727. The van der Waals surface area contributed by atoms with Crippen LogP contribution < -0.4 is 0 Å². The number of amides is 1. The summed E-state index contributed by atoms with van der Waals surface area (Å²) in [5.41, 5.74) is 1.97. The van der Waals surface area contributed by atoms with Crippen LogP contribution in [0, 0.1) is 25.7 Å². The summed E-state index contributed by atoms with van der Waals surface area (Å²) in [6.45, 7) is 5.60. The summed E-state index contributed by atoms with van der Waals surface area (Å²) in [5, 5.41) is 19.5. The van der Waals surface area contributed by atoms with Crippen LogP contribution in [0.4, 0.5) is 0 Å². The second kappa shape index (κ2) is 5.42. The van der Waals surface area contributed by atoms with Crippen molar-refractivity contribution in [1.29, 1.82) is 0 Å². The molecule has 0 spiro atoms. The van der Waals surface area contributed by atoms with Gasteiger partial charge >= 0.3 is 0 Å². The zero-order valence-electron chi connectivity index (χ0n) is 12.6. The van der Waals surface area contributed by atoms with Gasteiger partial charge < -0.3 is 19.7 Å². The fraction of sp³-hybridized carbons (Fsp3) is 0.733. The molecule has 1 saturated heterocycles. The highest BCUT2D eigenvalue weighted by molar-refractivity contribution is 5.76. The minimum absolute atomic E-state index is 0.0916. The first-order valence-electron chi connectivity index (χ1n) is 7.58. The Labute approximate surface area is 124 Å². The lowest BCUT2D eigenvalue weighted by molar-refractivity contribution is -0.131. The van der Waals surface area contributed by atoms with Crippen LogP contribution in [0.5, 0.6) is 0 Å². The molecule has 1 aromatic rings. The van der Waals surface area contributed by atoms with Gasteiger partial charge in [-0.1, -0.05) is 0 Å². The van der Waals surface area contributed by atoms with E-state index in [4.69, 9.17) is 0 Å². The standard InChI is InChI=1S/C15H23N3O3/c1-9-10(2)18(8-16-9)7-15(21)17-5-11-3-13(19)14(20)4-12(11)6-17/h8,11-14,19-20H,3-7H2,1-2H3/t11-,12+,13+,14-. The third kappa shape index (κ3) is 2.70. The van der Waals surface area contributed by atoms with Gasteiger partial charge in [0.05, 0.1) is 24.2 Å². The molecule has 6 heteroatoms. The number of aryl methyl sites for hydroxylation is 1.